The molecule has 0 bridgehead atoms. The fourth-order valence-electron chi connectivity index (χ4n) is 3.85. The number of unbranched alkanes of at least 4 members (excludes halogenated alkanes) is 3. The van der Waals surface area contributed by atoms with Gasteiger partial charge in [-0.25, -0.2) is 4.79 Å². The molecular formula is C22H33N3O3. The SMILES string of the molecule is O=C(CCCCCCNC(=O)N1Cc2ccccc2C1)NCC1CCOCC1. The van der Waals surface area contributed by atoms with Gasteiger partial charge in [-0.15, -0.1) is 0 Å². The molecule has 1 saturated heterocycles. The number of fused-ring (bicyclic) bond motifs is 1. The molecule has 0 aromatic heterocycles. The molecule has 0 saturated carbocycles. The van der Waals surface area contributed by atoms with Crippen molar-refractivity contribution in [3.8, 4) is 0 Å². The smallest absolute Gasteiger partial charge is 0.318 e. The summed E-state index contributed by atoms with van der Waals surface area (Å²) >= 11 is 0. The second-order valence-corrected chi connectivity index (χ2v) is 7.88. The van der Waals surface area contributed by atoms with Crippen molar-refractivity contribution in [3.05, 3.63) is 35.4 Å². The van der Waals surface area contributed by atoms with Gasteiger partial charge < -0.3 is 20.3 Å². The molecule has 3 amide bonds. The molecule has 0 atom stereocenters. The molecular weight excluding hydrogens is 354 g/mol. The van der Waals surface area contributed by atoms with Crippen molar-refractivity contribution in [3.63, 3.8) is 0 Å². The van der Waals surface area contributed by atoms with E-state index in [1.807, 2.05) is 17.0 Å². The fraction of sp³-hybridized carbons (Fsp3) is 0.636. The standard InChI is InChI=1S/C22H33N3O3/c26-21(24-15-18-10-13-28-14-11-18)9-3-1-2-6-12-23-22(27)25-16-19-7-4-5-8-20(19)17-25/h4-5,7-8,18H,1-3,6,9-17H2,(H,23,27)(H,24,26). The topological polar surface area (TPSA) is 70.7 Å². The minimum atomic E-state index is 0.0173. The second-order valence-electron chi connectivity index (χ2n) is 7.88. The molecule has 3 rings (SSSR count). The van der Waals surface area contributed by atoms with Crippen LogP contribution in [-0.2, 0) is 22.6 Å². The highest BCUT2D eigenvalue weighted by atomic mass is 16.5. The Balaban J connectivity index is 1.16. The highest BCUT2D eigenvalue weighted by molar-refractivity contribution is 5.76. The number of amides is 3. The molecule has 1 aromatic carbocycles. The Labute approximate surface area is 168 Å². The summed E-state index contributed by atoms with van der Waals surface area (Å²) in [6.45, 7) is 4.52. The maximum Gasteiger partial charge on any atom is 0.318 e. The van der Waals surface area contributed by atoms with Crippen molar-refractivity contribution >= 4 is 11.9 Å². The number of nitrogens with zero attached hydrogens (tertiary/aromatic N) is 1. The van der Waals surface area contributed by atoms with Gasteiger partial charge in [-0.05, 0) is 42.7 Å². The van der Waals surface area contributed by atoms with Gasteiger partial charge in [0.25, 0.3) is 0 Å². The first kappa shape index (κ1) is 20.6. The molecule has 6 nitrogen and oxygen atoms in total. The average Bonchev–Trinajstić information content (AvgIpc) is 3.16. The zero-order valence-corrected chi connectivity index (χ0v) is 16.8. The molecule has 1 fully saturated rings. The minimum absolute atomic E-state index is 0.0173. The summed E-state index contributed by atoms with van der Waals surface area (Å²) in [5.41, 5.74) is 2.49. The van der Waals surface area contributed by atoms with Gasteiger partial charge in [0.05, 0.1) is 0 Å². The number of benzene rings is 1. The summed E-state index contributed by atoms with van der Waals surface area (Å²) < 4.78 is 5.33. The summed E-state index contributed by atoms with van der Waals surface area (Å²) in [5.74, 6) is 0.734. The van der Waals surface area contributed by atoms with E-state index in [-0.39, 0.29) is 11.9 Å². The number of urea groups is 1. The number of carbonyl (C=O) groups excluding carboxylic acids is 2. The lowest BCUT2D eigenvalue weighted by atomic mass is 10.0. The molecule has 2 aliphatic rings. The highest BCUT2D eigenvalue weighted by Crippen LogP contribution is 2.21. The van der Waals surface area contributed by atoms with Crippen molar-refractivity contribution in [2.45, 2.75) is 58.0 Å². The zero-order chi connectivity index (χ0) is 19.6. The molecule has 2 N–H and O–H groups in total. The number of carbonyl (C=O) groups is 2. The number of nitrogens with one attached hydrogen (secondary N) is 2. The van der Waals surface area contributed by atoms with Gasteiger partial charge in [-0.3, -0.25) is 4.79 Å². The number of ether oxygens (including phenoxy) is 1. The molecule has 0 unspecified atom stereocenters. The molecule has 0 aliphatic carbocycles. The Bertz CT molecular complexity index is 619. The first-order valence-electron chi connectivity index (χ1n) is 10.7. The first-order chi connectivity index (χ1) is 13.7. The van der Waals surface area contributed by atoms with E-state index in [0.29, 0.717) is 32.0 Å². The van der Waals surface area contributed by atoms with Crippen LogP contribution in [0.4, 0.5) is 4.79 Å². The molecule has 6 heteroatoms. The normalized spacial score (nSPS) is 16.6. The van der Waals surface area contributed by atoms with E-state index >= 15 is 0 Å². The maximum atomic E-state index is 12.2. The lowest BCUT2D eigenvalue weighted by Crippen LogP contribution is -2.36. The zero-order valence-electron chi connectivity index (χ0n) is 16.8. The van der Waals surface area contributed by atoms with Crippen molar-refractivity contribution in [2.24, 2.45) is 5.92 Å². The highest BCUT2D eigenvalue weighted by Gasteiger charge is 2.22. The van der Waals surface area contributed by atoms with Gasteiger partial charge in [-0.1, -0.05) is 37.1 Å². The van der Waals surface area contributed by atoms with Gasteiger partial charge in [0, 0.05) is 45.8 Å². The largest absolute Gasteiger partial charge is 0.381 e. The van der Waals surface area contributed by atoms with Gasteiger partial charge in [0.1, 0.15) is 0 Å². The van der Waals surface area contributed by atoms with Crippen LogP contribution in [0, 0.1) is 5.92 Å². The Kier molecular flexibility index (Phi) is 8.15. The molecule has 2 aliphatic heterocycles. The summed E-state index contributed by atoms with van der Waals surface area (Å²) in [5, 5.41) is 6.06. The van der Waals surface area contributed by atoms with Crippen molar-refractivity contribution in [1.29, 1.82) is 0 Å². The third kappa shape index (κ3) is 6.51. The van der Waals surface area contributed by atoms with Gasteiger partial charge in [-0.2, -0.15) is 0 Å². The predicted molar refractivity (Wildman–Crippen MR) is 109 cm³/mol. The van der Waals surface area contributed by atoms with Crippen molar-refractivity contribution in [2.75, 3.05) is 26.3 Å². The van der Waals surface area contributed by atoms with Crippen LogP contribution < -0.4 is 10.6 Å². The van der Waals surface area contributed by atoms with Crippen LogP contribution >= 0.6 is 0 Å². The maximum absolute atomic E-state index is 12.2. The van der Waals surface area contributed by atoms with E-state index in [4.69, 9.17) is 4.74 Å². The molecule has 154 valence electrons. The Morgan fingerprint density at radius 3 is 2.36 bits per heavy atom. The minimum Gasteiger partial charge on any atom is -0.381 e. The van der Waals surface area contributed by atoms with Crippen LogP contribution in [0.1, 0.15) is 56.1 Å². The summed E-state index contributed by atoms with van der Waals surface area (Å²) in [4.78, 5) is 26.0. The van der Waals surface area contributed by atoms with Crippen LogP contribution in [0.5, 0.6) is 0 Å². The van der Waals surface area contributed by atoms with Crippen molar-refractivity contribution in [1.82, 2.24) is 15.5 Å². The number of hydrogen-bond acceptors (Lipinski definition) is 3. The van der Waals surface area contributed by atoms with Crippen LogP contribution in [0.3, 0.4) is 0 Å². The van der Waals surface area contributed by atoms with E-state index in [1.165, 1.54) is 11.1 Å². The quantitative estimate of drug-likeness (QED) is 0.639. The summed E-state index contributed by atoms with van der Waals surface area (Å²) in [6.07, 6.45) is 6.63. The van der Waals surface area contributed by atoms with Crippen LogP contribution in [0.2, 0.25) is 0 Å². The third-order valence-corrected chi connectivity index (χ3v) is 5.66. The van der Waals surface area contributed by atoms with E-state index in [0.717, 1.165) is 58.3 Å². The van der Waals surface area contributed by atoms with Crippen LogP contribution in [0.15, 0.2) is 24.3 Å². The molecule has 28 heavy (non-hydrogen) atoms. The van der Waals surface area contributed by atoms with Gasteiger partial charge in [0.2, 0.25) is 5.91 Å². The van der Waals surface area contributed by atoms with E-state index in [2.05, 4.69) is 22.8 Å². The third-order valence-electron chi connectivity index (χ3n) is 5.66. The fourth-order valence-corrected chi connectivity index (χ4v) is 3.85. The molecule has 1 aromatic rings. The monoisotopic (exact) mass is 387 g/mol. The van der Waals surface area contributed by atoms with Gasteiger partial charge >= 0.3 is 6.03 Å². The van der Waals surface area contributed by atoms with E-state index < -0.39 is 0 Å². The van der Waals surface area contributed by atoms with Gasteiger partial charge in [0.15, 0.2) is 0 Å². The number of rotatable bonds is 9. The summed E-state index contributed by atoms with van der Waals surface area (Å²) in [7, 11) is 0. The number of hydrogen-bond donors (Lipinski definition) is 2. The lowest BCUT2D eigenvalue weighted by molar-refractivity contribution is -0.121. The predicted octanol–water partition coefficient (Wildman–Crippen LogP) is 3.21. The van der Waals surface area contributed by atoms with E-state index in [1.54, 1.807) is 0 Å². The Morgan fingerprint density at radius 1 is 0.964 bits per heavy atom. The van der Waals surface area contributed by atoms with E-state index in [9.17, 15) is 9.59 Å². The van der Waals surface area contributed by atoms with Crippen molar-refractivity contribution < 1.29 is 14.3 Å². The summed E-state index contributed by atoms with van der Waals surface area (Å²) in [6, 6.07) is 8.23. The molecule has 0 spiro atoms. The first-order valence-corrected chi connectivity index (χ1v) is 10.7. The second kappa shape index (κ2) is 11.1. The average molecular weight is 388 g/mol. The van der Waals surface area contributed by atoms with Crippen LogP contribution in [0.25, 0.3) is 0 Å². The molecule has 0 radical (unpaired) electrons. The lowest BCUT2D eigenvalue weighted by Gasteiger charge is -2.22. The Morgan fingerprint density at radius 2 is 1.64 bits per heavy atom. The molecule has 2 heterocycles. The Hall–Kier alpha value is -2.08. The van der Waals surface area contributed by atoms with Crippen LogP contribution in [-0.4, -0.2) is 43.1 Å².